The molecule has 0 bridgehead atoms. The molecule has 4 aromatic rings. The molecular formula is C16H14ClN7O. The molecule has 3 heterocycles. The molecule has 0 radical (unpaired) electrons. The molecule has 0 saturated carbocycles. The molecule has 0 aliphatic heterocycles. The molecule has 0 saturated heterocycles. The van der Waals surface area contributed by atoms with E-state index in [0.29, 0.717) is 24.0 Å². The van der Waals surface area contributed by atoms with Crippen molar-refractivity contribution in [3.63, 3.8) is 0 Å². The predicted octanol–water partition coefficient (Wildman–Crippen LogP) is 2.33. The second-order valence-corrected chi connectivity index (χ2v) is 5.80. The highest BCUT2D eigenvalue weighted by Gasteiger charge is 2.10. The summed E-state index contributed by atoms with van der Waals surface area (Å²) in [5, 5.41) is 9.75. The normalized spacial score (nSPS) is 11.2. The van der Waals surface area contributed by atoms with Crippen molar-refractivity contribution in [2.45, 2.75) is 6.54 Å². The second kappa shape index (κ2) is 6.14. The third-order valence-corrected chi connectivity index (χ3v) is 3.98. The standard InChI is InChI=1S/C16H14ClN7O/c1-23-16(25-2)20-13(22-23)11-5-3-10(4-6-11)9-24-14-12(8-19-24)7-18-15(17)21-14/h3-8H,9H2,1-2H3. The number of halogens is 1. The van der Waals surface area contributed by atoms with E-state index >= 15 is 0 Å². The first kappa shape index (κ1) is 15.5. The molecule has 8 nitrogen and oxygen atoms in total. The van der Waals surface area contributed by atoms with Gasteiger partial charge in [0, 0.05) is 18.8 Å². The number of benzene rings is 1. The van der Waals surface area contributed by atoms with Crippen molar-refractivity contribution in [3.05, 3.63) is 47.5 Å². The van der Waals surface area contributed by atoms with Crippen LogP contribution in [0, 0.1) is 0 Å². The summed E-state index contributed by atoms with van der Waals surface area (Å²) in [6.45, 7) is 0.579. The van der Waals surface area contributed by atoms with Crippen molar-refractivity contribution in [2.24, 2.45) is 7.05 Å². The molecule has 0 aliphatic carbocycles. The van der Waals surface area contributed by atoms with Crippen LogP contribution in [0.1, 0.15) is 5.56 Å². The van der Waals surface area contributed by atoms with Gasteiger partial charge in [0.15, 0.2) is 11.5 Å². The SMILES string of the molecule is COc1nc(-c2ccc(Cn3ncc4cnc(Cl)nc43)cc2)nn1C. The zero-order chi connectivity index (χ0) is 17.4. The van der Waals surface area contributed by atoms with E-state index in [2.05, 4.69) is 25.1 Å². The smallest absolute Gasteiger partial charge is 0.314 e. The molecule has 9 heteroatoms. The Labute approximate surface area is 148 Å². The summed E-state index contributed by atoms with van der Waals surface area (Å²) in [7, 11) is 3.36. The highest BCUT2D eigenvalue weighted by molar-refractivity contribution is 6.28. The molecule has 3 aromatic heterocycles. The maximum Gasteiger partial charge on any atom is 0.314 e. The molecule has 0 unspecified atom stereocenters. The largest absolute Gasteiger partial charge is 0.467 e. The minimum absolute atomic E-state index is 0.208. The minimum atomic E-state index is 0.208. The summed E-state index contributed by atoms with van der Waals surface area (Å²) in [6, 6.07) is 8.43. The Hall–Kier alpha value is -3.00. The van der Waals surface area contributed by atoms with Crippen LogP contribution in [0.2, 0.25) is 5.28 Å². The average molecular weight is 356 g/mol. The van der Waals surface area contributed by atoms with Crippen LogP contribution in [0.4, 0.5) is 0 Å². The summed E-state index contributed by atoms with van der Waals surface area (Å²) < 4.78 is 8.54. The lowest BCUT2D eigenvalue weighted by molar-refractivity contribution is 0.359. The Bertz CT molecular complexity index is 1040. The van der Waals surface area contributed by atoms with E-state index in [9.17, 15) is 0 Å². The lowest BCUT2D eigenvalue weighted by Crippen LogP contribution is -2.02. The number of hydrogen-bond donors (Lipinski definition) is 0. The van der Waals surface area contributed by atoms with Crippen molar-refractivity contribution >= 4 is 22.6 Å². The van der Waals surface area contributed by atoms with E-state index in [4.69, 9.17) is 16.3 Å². The third kappa shape index (κ3) is 2.91. The van der Waals surface area contributed by atoms with Gasteiger partial charge in [-0.3, -0.25) is 0 Å². The van der Waals surface area contributed by atoms with Gasteiger partial charge in [0.25, 0.3) is 0 Å². The van der Waals surface area contributed by atoms with E-state index < -0.39 is 0 Å². The van der Waals surface area contributed by atoms with Crippen LogP contribution < -0.4 is 4.74 Å². The zero-order valence-corrected chi connectivity index (χ0v) is 14.3. The molecule has 0 atom stereocenters. The molecule has 1 aromatic carbocycles. The molecule has 0 fully saturated rings. The van der Waals surface area contributed by atoms with Crippen molar-refractivity contribution in [3.8, 4) is 17.4 Å². The van der Waals surface area contributed by atoms with Gasteiger partial charge in [-0.25, -0.2) is 14.3 Å². The number of ether oxygens (including phenoxy) is 1. The summed E-state index contributed by atoms with van der Waals surface area (Å²) in [4.78, 5) is 12.5. The molecule has 126 valence electrons. The Kier molecular flexibility index (Phi) is 3.81. The van der Waals surface area contributed by atoms with Crippen LogP contribution in [0.15, 0.2) is 36.7 Å². The first-order valence-corrected chi connectivity index (χ1v) is 7.90. The number of fused-ring (bicyclic) bond motifs is 1. The molecular weight excluding hydrogens is 342 g/mol. The lowest BCUT2D eigenvalue weighted by atomic mass is 10.1. The van der Waals surface area contributed by atoms with E-state index in [1.54, 1.807) is 35.9 Å². The molecule has 0 spiro atoms. The monoisotopic (exact) mass is 355 g/mol. The van der Waals surface area contributed by atoms with Crippen LogP contribution in [-0.2, 0) is 13.6 Å². The average Bonchev–Trinajstić information content (AvgIpc) is 3.19. The summed E-state index contributed by atoms with van der Waals surface area (Å²) >= 11 is 5.88. The van der Waals surface area contributed by atoms with E-state index in [-0.39, 0.29) is 5.28 Å². The summed E-state index contributed by atoms with van der Waals surface area (Å²) in [5.74, 6) is 0.620. The van der Waals surface area contributed by atoms with Crippen molar-refractivity contribution in [2.75, 3.05) is 7.11 Å². The number of hydrogen-bond acceptors (Lipinski definition) is 6. The Morgan fingerprint density at radius 3 is 2.64 bits per heavy atom. The number of aryl methyl sites for hydroxylation is 1. The first-order chi connectivity index (χ1) is 12.1. The Morgan fingerprint density at radius 2 is 1.92 bits per heavy atom. The fourth-order valence-corrected chi connectivity index (χ4v) is 2.69. The zero-order valence-electron chi connectivity index (χ0n) is 13.6. The molecule has 0 aliphatic rings. The first-order valence-electron chi connectivity index (χ1n) is 7.52. The maximum atomic E-state index is 5.88. The summed E-state index contributed by atoms with van der Waals surface area (Å²) in [5.41, 5.74) is 2.70. The number of aromatic nitrogens is 7. The molecule has 0 amide bonds. The maximum absolute atomic E-state index is 5.88. The van der Waals surface area contributed by atoms with Gasteiger partial charge >= 0.3 is 6.01 Å². The van der Waals surface area contributed by atoms with Gasteiger partial charge in [0.2, 0.25) is 5.28 Å². The fraction of sp³-hybridized carbons (Fsp3) is 0.188. The number of methoxy groups -OCH3 is 1. The topological polar surface area (TPSA) is 83.5 Å². The van der Waals surface area contributed by atoms with Crippen LogP contribution in [-0.4, -0.2) is 41.6 Å². The van der Waals surface area contributed by atoms with Gasteiger partial charge < -0.3 is 4.74 Å². The van der Waals surface area contributed by atoms with Crippen LogP contribution in [0.25, 0.3) is 22.4 Å². The van der Waals surface area contributed by atoms with Crippen LogP contribution in [0.5, 0.6) is 6.01 Å². The van der Waals surface area contributed by atoms with Gasteiger partial charge in [-0.15, -0.1) is 5.10 Å². The summed E-state index contributed by atoms with van der Waals surface area (Å²) in [6.07, 6.45) is 3.39. The highest BCUT2D eigenvalue weighted by atomic mass is 35.5. The van der Waals surface area contributed by atoms with Gasteiger partial charge in [-0.2, -0.15) is 15.1 Å². The van der Waals surface area contributed by atoms with E-state index in [1.165, 1.54) is 0 Å². The Morgan fingerprint density at radius 1 is 1.12 bits per heavy atom. The second-order valence-electron chi connectivity index (χ2n) is 5.46. The quantitative estimate of drug-likeness (QED) is 0.522. The fourth-order valence-electron chi connectivity index (χ4n) is 2.56. The van der Waals surface area contributed by atoms with Gasteiger partial charge in [0.1, 0.15) is 0 Å². The van der Waals surface area contributed by atoms with E-state index in [1.807, 2.05) is 24.3 Å². The third-order valence-electron chi connectivity index (χ3n) is 3.80. The number of rotatable bonds is 4. The molecule has 0 N–H and O–H groups in total. The predicted molar refractivity (Wildman–Crippen MR) is 92.4 cm³/mol. The van der Waals surface area contributed by atoms with Crippen molar-refractivity contribution < 1.29 is 4.74 Å². The minimum Gasteiger partial charge on any atom is -0.467 e. The van der Waals surface area contributed by atoms with Crippen LogP contribution >= 0.6 is 11.6 Å². The Balaban J connectivity index is 1.60. The van der Waals surface area contributed by atoms with Gasteiger partial charge in [-0.05, 0) is 17.2 Å². The lowest BCUT2D eigenvalue weighted by Gasteiger charge is -2.04. The van der Waals surface area contributed by atoms with Crippen LogP contribution in [0.3, 0.4) is 0 Å². The van der Waals surface area contributed by atoms with Gasteiger partial charge in [-0.1, -0.05) is 24.3 Å². The van der Waals surface area contributed by atoms with Crippen molar-refractivity contribution in [1.82, 2.24) is 34.5 Å². The van der Waals surface area contributed by atoms with Crippen molar-refractivity contribution in [1.29, 1.82) is 0 Å². The molecule has 4 rings (SSSR count). The molecule has 25 heavy (non-hydrogen) atoms. The number of nitrogens with zero attached hydrogens (tertiary/aromatic N) is 7. The highest BCUT2D eigenvalue weighted by Crippen LogP contribution is 2.20. The van der Waals surface area contributed by atoms with Gasteiger partial charge in [0.05, 0.1) is 25.2 Å². The van der Waals surface area contributed by atoms with E-state index in [0.717, 1.165) is 16.5 Å².